The Hall–Kier alpha value is -0.980. The molecule has 4 rings (SSSR count). The molecule has 3 saturated heterocycles. The Bertz CT molecular complexity index is 585. The largest absolute Gasteiger partial charge is 0.378 e. The van der Waals surface area contributed by atoms with Gasteiger partial charge in [-0.15, -0.1) is 11.3 Å². The van der Waals surface area contributed by atoms with Gasteiger partial charge in [0.2, 0.25) is 5.91 Å². The molecule has 0 aliphatic carbocycles. The van der Waals surface area contributed by atoms with E-state index in [9.17, 15) is 4.79 Å². The highest BCUT2D eigenvalue weighted by atomic mass is 32.1. The van der Waals surface area contributed by atoms with Crippen molar-refractivity contribution in [1.82, 2.24) is 14.8 Å². The van der Waals surface area contributed by atoms with Crippen LogP contribution >= 0.6 is 11.3 Å². The number of hydrogen-bond acceptors (Lipinski definition) is 5. The molecule has 4 heterocycles. The van der Waals surface area contributed by atoms with E-state index < -0.39 is 0 Å². The average Bonchev–Trinajstić information content (AvgIpc) is 3.26. The van der Waals surface area contributed by atoms with Crippen LogP contribution in [0.5, 0.6) is 0 Å². The molecule has 3 aliphatic rings. The van der Waals surface area contributed by atoms with Gasteiger partial charge in [-0.05, 0) is 32.6 Å². The molecule has 1 aromatic rings. The first-order valence-electron chi connectivity index (χ1n) is 9.24. The number of hydrogen-bond donors (Lipinski definition) is 0. The van der Waals surface area contributed by atoms with E-state index in [1.165, 1.54) is 17.7 Å². The van der Waals surface area contributed by atoms with E-state index in [4.69, 9.17) is 4.74 Å². The van der Waals surface area contributed by atoms with Crippen LogP contribution in [-0.2, 0) is 16.1 Å². The first kappa shape index (κ1) is 16.5. The molecule has 3 aliphatic heterocycles. The van der Waals surface area contributed by atoms with Crippen LogP contribution < -0.4 is 0 Å². The molecule has 1 amide bonds. The summed E-state index contributed by atoms with van der Waals surface area (Å²) in [5, 5.41) is 0. The number of nitrogens with zero attached hydrogens (tertiary/aromatic N) is 3. The van der Waals surface area contributed by atoms with Gasteiger partial charge in [0, 0.05) is 56.0 Å². The molecular weight excluding hydrogens is 322 g/mol. The Morgan fingerprint density at radius 2 is 2.17 bits per heavy atom. The number of likely N-dealkylation sites (tertiary alicyclic amines) is 2. The quantitative estimate of drug-likeness (QED) is 0.840. The highest BCUT2D eigenvalue weighted by molar-refractivity contribution is 7.09. The van der Waals surface area contributed by atoms with Gasteiger partial charge in [-0.25, -0.2) is 4.98 Å². The number of thiazole rings is 1. The number of carbonyl (C=O) groups is 1. The van der Waals surface area contributed by atoms with E-state index in [-0.39, 0.29) is 12.0 Å². The third-order valence-electron chi connectivity index (χ3n) is 5.90. The van der Waals surface area contributed by atoms with Crippen molar-refractivity contribution in [2.45, 2.75) is 45.3 Å². The predicted molar refractivity (Wildman–Crippen MR) is 93.9 cm³/mol. The minimum Gasteiger partial charge on any atom is -0.378 e. The number of aromatic nitrogens is 1. The highest BCUT2D eigenvalue weighted by Gasteiger charge is 2.43. The summed E-state index contributed by atoms with van der Waals surface area (Å²) in [7, 11) is 0. The van der Waals surface area contributed by atoms with Crippen molar-refractivity contribution < 1.29 is 9.53 Å². The van der Waals surface area contributed by atoms with Crippen molar-refractivity contribution >= 4 is 17.2 Å². The number of carbonyl (C=O) groups excluding carboxylic acids is 1. The van der Waals surface area contributed by atoms with E-state index in [0.29, 0.717) is 11.8 Å². The molecule has 0 N–H and O–H groups in total. The van der Waals surface area contributed by atoms with Crippen LogP contribution in [0.15, 0.2) is 5.51 Å². The Labute approximate surface area is 148 Å². The zero-order chi connectivity index (χ0) is 16.5. The van der Waals surface area contributed by atoms with Crippen molar-refractivity contribution in [3.8, 4) is 0 Å². The van der Waals surface area contributed by atoms with E-state index >= 15 is 0 Å². The van der Waals surface area contributed by atoms with Crippen molar-refractivity contribution in [3.63, 3.8) is 0 Å². The van der Waals surface area contributed by atoms with E-state index in [2.05, 4.69) is 21.7 Å². The van der Waals surface area contributed by atoms with Crippen LogP contribution in [0.2, 0.25) is 0 Å². The third-order valence-corrected chi connectivity index (χ3v) is 6.82. The molecule has 0 spiro atoms. The SMILES string of the molecule is Cc1ncsc1CN1CC[C@H]2OCC[C@@H](C(=O)N3CCCC3)[C@@H]2C1. The second-order valence-corrected chi connectivity index (χ2v) is 8.32. The molecular formula is C18H27N3O2S. The fourth-order valence-corrected chi connectivity index (χ4v) is 5.31. The van der Waals surface area contributed by atoms with Gasteiger partial charge in [0.1, 0.15) is 0 Å². The summed E-state index contributed by atoms with van der Waals surface area (Å²) in [4.78, 5) is 23.3. The molecule has 5 nitrogen and oxygen atoms in total. The maximum absolute atomic E-state index is 13.0. The van der Waals surface area contributed by atoms with Crippen molar-refractivity contribution in [2.24, 2.45) is 11.8 Å². The average molecular weight is 350 g/mol. The fraction of sp³-hybridized carbons (Fsp3) is 0.778. The van der Waals surface area contributed by atoms with Crippen LogP contribution in [0.3, 0.4) is 0 Å². The number of amides is 1. The third kappa shape index (κ3) is 3.24. The van der Waals surface area contributed by atoms with Gasteiger partial charge in [-0.3, -0.25) is 9.69 Å². The number of ether oxygens (including phenoxy) is 1. The number of piperidine rings is 1. The molecule has 3 fully saturated rings. The molecule has 24 heavy (non-hydrogen) atoms. The van der Waals surface area contributed by atoms with Crippen LogP contribution in [0.4, 0.5) is 0 Å². The van der Waals surface area contributed by atoms with E-state index in [0.717, 1.165) is 57.9 Å². The normalized spacial score (nSPS) is 31.2. The number of fused-ring (bicyclic) bond motifs is 1. The molecule has 1 aromatic heterocycles. The van der Waals surface area contributed by atoms with Gasteiger partial charge in [0.05, 0.1) is 17.3 Å². The van der Waals surface area contributed by atoms with Crippen molar-refractivity contribution in [3.05, 3.63) is 16.1 Å². The number of aryl methyl sites for hydroxylation is 1. The van der Waals surface area contributed by atoms with Gasteiger partial charge < -0.3 is 9.64 Å². The van der Waals surface area contributed by atoms with Gasteiger partial charge in [0.25, 0.3) is 0 Å². The summed E-state index contributed by atoms with van der Waals surface area (Å²) >= 11 is 1.74. The summed E-state index contributed by atoms with van der Waals surface area (Å²) in [5.74, 6) is 0.905. The Morgan fingerprint density at radius 3 is 2.92 bits per heavy atom. The highest BCUT2D eigenvalue weighted by Crippen LogP contribution is 2.35. The molecule has 132 valence electrons. The molecule has 0 saturated carbocycles. The van der Waals surface area contributed by atoms with E-state index in [1.54, 1.807) is 11.3 Å². The number of rotatable bonds is 3. The lowest BCUT2D eigenvalue weighted by Crippen LogP contribution is -2.53. The molecule has 6 heteroatoms. The van der Waals surface area contributed by atoms with Crippen LogP contribution in [0.25, 0.3) is 0 Å². The zero-order valence-electron chi connectivity index (χ0n) is 14.4. The standard InChI is InChI=1S/C18H27N3O2S/c1-13-17(24-12-19-13)11-20-8-4-16-15(10-20)14(5-9-23-16)18(22)21-6-2-3-7-21/h12,14-16H,2-11H2,1H3/t14-,15+,16-/m1/s1. The second-order valence-electron chi connectivity index (χ2n) is 7.39. The van der Waals surface area contributed by atoms with Gasteiger partial charge in [-0.1, -0.05) is 0 Å². The molecule has 3 atom stereocenters. The maximum Gasteiger partial charge on any atom is 0.226 e. The first-order chi connectivity index (χ1) is 11.7. The topological polar surface area (TPSA) is 45.7 Å². The summed E-state index contributed by atoms with van der Waals surface area (Å²) in [6, 6.07) is 0. The monoisotopic (exact) mass is 349 g/mol. The molecule has 0 radical (unpaired) electrons. The fourth-order valence-electron chi connectivity index (χ4n) is 4.49. The lowest BCUT2D eigenvalue weighted by molar-refractivity contribution is -0.150. The predicted octanol–water partition coefficient (Wildman–Crippen LogP) is 2.30. The van der Waals surface area contributed by atoms with Crippen LogP contribution in [-0.4, -0.2) is 59.6 Å². The van der Waals surface area contributed by atoms with Gasteiger partial charge in [-0.2, -0.15) is 0 Å². The summed E-state index contributed by atoms with van der Waals surface area (Å²) in [6.45, 7) is 7.75. The summed E-state index contributed by atoms with van der Waals surface area (Å²) in [5.41, 5.74) is 3.08. The lowest BCUT2D eigenvalue weighted by Gasteiger charge is -2.45. The van der Waals surface area contributed by atoms with E-state index in [1.807, 2.05) is 5.51 Å². The minimum atomic E-state index is 0.159. The van der Waals surface area contributed by atoms with Crippen LogP contribution in [0.1, 0.15) is 36.3 Å². The zero-order valence-corrected chi connectivity index (χ0v) is 15.3. The molecule has 0 bridgehead atoms. The van der Waals surface area contributed by atoms with Crippen molar-refractivity contribution in [2.75, 3.05) is 32.8 Å². The van der Waals surface area contributed by atoms with Gasteiger partial charge in [0.15, 0.2) is 0 Å². The van der Waals surface area contributed by atoms with Crippen LogP contribution in [0, 0.1) is 18.8 Å². The Morgan fingerprint density at radius 1 is 1.33 bits per heavy atom. The first-order valence-corrected chi connectivity index (χ1v) is 10.1. The Balaban J connectivity index is 1.45. The maximum atomic E-state index is 13.0. The summed E-state index contributed by atoms with van der Waals surface area (Å²) < 4.78 is 6.03. The second kappa shape index (κ2) is 7.10. The lowest BCUT2D eigenvalue weighted by atomic mass is 9.78. The summed E-state index contributed by atoms with van der Waals surface area (Å²) in [6.07, 6.45) is 4.55. The van der Waals surface area contributed by atoms with Gasteiger partial charge >= 0.3 is 0 Å². The van der Waals surface area contributed by atoms with Crippen molar-refractivity contribution in [1.29, 1.82) is 0 Å². The smallest absolute Gasteiger partial charge is 0.226 e. The molecule has 0 aromatic carbocycles. The molecule has 0 unspecified atom stereocenters. The Kier molecular flexibility index (Phi) is 4.88. The minimum absolute atomic E-state index is 0.159.